The van der Waals surface area contributed by atoms with Gasteiger partial charge in [0.1, 0.15) is 17.6 Å². The number of nitrogens with zero attached hydrogens (tertiary/aromatic N) is 5. The summed E-state index contributed by atoms with van der Waals surface area (Å²) in [4.78, 5) is 52.2. The summed E-state index contributed by atoms with van der Waals surface area (Å²) in [7, 11) is 2.79. The van der Waals surface area contributed by atoms with E-state index in [9.17, 15) is 19.2 Å². The monoisotopic (exact) mass is 402 g/mol. The first-order valence-corrected chi connectivity index (χ1v) is 8.75. The molecule has 0 aliphatic rings. The molecule has 3 aromatic rings. The molecule has 3 rings (SSSR count). The highest BCUT2D eigenvalue weighted by molar-refractivity contribution is 7.14. The number of fused-ring (bicyclic) bond motifs is 1. The maximum Gasteiger partial charge on any atom is 0.332 e. The van der Waals surface area contributed by atoms with Crippen molar-refractivity contribution in [1.82, 2.24) is 18.7 Å². The number of nitrogens with one attached hydrogen (secondary N) is 1. The van der Waals surface area contributed by atoms with Crippen LogP contribution in [0.4, 0.5) is 5.00 Å². The van der Waals surface area contributed by atoms with Gasteiger partial charge in [0.05, 0.1) is 11.9 Å². The van der Waals surface area contributed by atoms with Gasteiger partial charge in [0.15, 0.2) is 17.8 Å². The van der Waals surface area contributed by atoms with E-state index in [4.69, 9.17) is 10.00 Å². The Balaban J connectivity index is 1.69. The second-order valence-electron chi connectivity index (χ2n) is 5.73. The number of imidazole rings is 1. The van der Waals surface area contributed by atoms with E-state index in [-0.39, 0.29) is 17.7 Å². The van der Waals surface area contributed by atoms with Crippen LogP contribution in [0.1, 0.15) is 5.56 Å². The Morgan fingerprint density at radius 1 is 1.32 bits per heavy atom. The van der Waals surface area contributed by atoms with Crippen LogP contribution in [0.3, 0.4) is 0 Å². The molecular formula is C16H14N6O5S. The molecule has 3 heterocycles. The maximum absolute atomic E-state index is 12.3. The first-order chi connectivity index (χ1) is 13.3. The highest BCUT2D eigenvalue weighted by Gasteiger charge is 2.17. The number of rotatable bonds is 5. The number of aromatic nitrogens is 4. The second-order valence-corrected chi connectivity index (χ2v) is 6.65. The lowest BCUT2D eigenvalue weighted by atomic mass is 10.3. The quantitative estimate of drug-likeness (QED) is 0.570. The van der Waals surface area contributed by atoms with Crippen molar-refractivity contribution < 1.29 is 14.3 Å². The fraction of sp³-hybridized carbons (Fsp3) is 0.250. The number of aryl methyl sites for hydroxylation is 1. The zero-order valence-corrected chi connectivity index (χ0v) is 15.6. The van der Waals surface area contributed by atoms with E-state index in [0.29, 0.717) is 10.6 Å². The number of anilines is 1. The number of hydrogen-bond donors (Lipinski definition) is 1. The Hall–Kier alpha value is -3.72. The van der Waals surface area contributed by atoms with Crippen LogP contribution in [0.15, 0.2) is 27.4 Å². The molecule has 0 fully saturated rings. The fourth-order valence-electron chi connectivity index (χ4n) is 2.50. The molecule has 0 saturated heterocycles. The number of hydrogen-bond acceptors (Lipinski definition) is 8. The van der Waals surface area contributed by atoms with Crippen LogP contribution >= 0.6 is 11.3 Å². The van der Waals surface area contributed by atoms with Gasteiger partial charge in [-0.15, -0.1) is 11.3 Å². The summed E-state index contributed by atoms with van der Waals surface area (Å²) < 4.78 is 8.28. The number of carbonyl (C=O) groups is 2. The van der Waals surface area contributed by atoms with Gasteiger partial charge < -0.3 is 14.6 Å². The number of carbonyl (C=O) groups excluding carboxylic acids is 2. The van der Waals surface area contributed by atoms with Crippen molar-refractivity contribution in [2.24, 2.45) is 14.1 Å². The molecule has 0 spiro atoms. The van der Waals surface area contributed by atoms with E-state index in [1.54, 1.807) is 11.4 Å². The largest absolute Gasteiger partial charge is 0.454 e. The number of amides is 1. The highest BCUT2D eigenvalue weighted by Crippen LogP contribution is 2.21. The Labute approximate surface area is 161 Å². The summed E-state index contributed by atoms with van der Waals surface area (Å²) in [6, 6.07) is 3.49. The van der Waals surface area contributed by atoms with Crippen LogP contribution in [0, 0.1) is 11.3 Å². The van der Waals surface area contributed by atoms with Crippen molar-refractivity contribution >= 4 is 39.4 Å². The summed E-state index contributed by atoms with van der Waals surface area (Å²) in [5, 5.41) is 13.4. The van der Waals surface area contributed by atoms with Crippen LogP contribution in [0.5, 0.6) is 0 Å². The Morgan fingerprint density at radius 2 is 2.07 bits per heavy atom. The molecule has 1 amide bonds. The zero-order valence-electron chi connectivity index (χ0n) is 14.8. The minimum atomic E-state index is -0.767. The number of thiophene rings is 1. The zero-order chi connectivity index (χ0) is 20.4. The summed E-state index contributed by atoms with van der Waals surface area (Å²) in [6.07, 6.45) is 1.25. The molecule has 0 radical (unpaired) electrons. The van der Waals surface area contributed by atoms with Crippen molar-refractivity contribution in [3.05, 3.63) is 44.2 Å². The highest BCUT2D eigenvalue weighted by atomic mass is 32.1. The van der Waals surface area contributed by atoms with Crippen LogP contribution < -0.4 is 16.6 Å². The molecule has 0 aliphatic heterocycles. The smallest absolute Gasteiger partial charge is 0.332 e. The third-order valence-corrected chi connectivity index (χ3v) is 4.75. The Bertz CT molecular complexity index is 1240. The second kappa shape index (κ2) is 7.49. The Kier molecular flexibility index (Phi) is 5.10. The minimum Gasteiger partial charge on any atom is -0.454 e. The van der Waals surface area contributed by atoms with Crippen LogP contribution in [0.25, 0.3) is 11.2 Å². The topological polar surface area (TPSA) is 141 Å². The van der Waals surface area contributed by atoms with E-state index < -0.39 is 29.7 Å². The summed E-state index contributed by atoms with van der Waals surface area (Å²) >= 11 is 1.18. The minimum absolute atomic E-state index is 0.0725. The molecule has 3 aromatic heterocycles. The van der Waals surface area contributed by atoms with Crippen molar-refractivity contribution in [2.75, 3.05) is 11.9 Å². The number of ether oxygens (including phenoxy) is 1. The van der Waals surface area contributed by atoms with E-state index in [2.05, 4.69) is 10.3 Å². The third-order valence-electron chi connectivity index (χ3n) is 3.92. The third kappa shape index (κ3) is 3.42. The van der Waals surface area contributed by atoms with Crippen LogP contribution in [-0.2, 0) is 35.0 Å². The lowest BCUT2D eigenvalue weighted by Crippen LogP contribution is -2.37. The number of esters is 1. The molecule has 1 N–H and O–H groups in total. The predicted octanol–water partition coefficient (Wildman–Crippen LogP) is -0.451. The van der Waals surface area contributed by atoms with Gasteiger partial charge in [-0.3, -0.25) is 23.5 Å². The normalized spacial score (nSPS) is 10.6. The van der Waals surface area contributed by atoms with Crippen molar-refractivity contribution in [3.63, 3.8) is 0 Å². The number of nitriles is 1. The average Bonchev–Trinajstić information content (AvgIpc) is 3.29. The molecule has 12 heteroatoms. The molecule has 0 aliphatic carbocycles. The van der Waals surface area contributed by atoms with Gasteiger partial charge in [0, 0.05) is 14.1 Å². The van der Waals surface area contributed by atoms with E-state index in [0.717, 1.165) is 4.57 Å². The lowest BCUT2D eigenvalue weighted by molar-refractivity contribution is -0.147. The standard InChI is InChI=1S/C16H14N6O5S/c1-20-13-12(15(25)21(2)16(20)26)22(8-18-13)6-11(24)27-7-10(23)19-14-9(5-17)3-4-28-14/h3-4,8H,6-7H2,1-2H3,(H,19,23). The van der Waals surface area contributed by atoms with Gasteiger partial charge in [-0.2, -0.15) is 5.26 Å². The average molecular weight is 402 g/mol. The predicted molar refractivity (Wildman–Crippen MR) is 98.8 cm³/mol. The lowest BCUT2D eigenvalue weighted by Gasteiger charge is -2.07. The maximum atomic E-state index is 12.3. The molecule has 0 aromatic carbocycles. The van der Waals surface area contributed by atoms with Gasteiger partial charge >= 0.3 is 11.7 Å². The molecule has 11 nitrogen and oxygen atoms in total. The molecule has 0 saturated carbocycles. The first kappa shape index (κ1) is 19.1. The first-order valence-electron chi connectivity index (χ1n) is 7.87. The summed E-state index contributed by atoms with van der Waals surface area (Å²) in [5.41, 5.74) is -0.602. The molecular weight excluding hydrogens is 388 g/mol. The molecule has 0 atom stereocenters. The van der Waals surface area contributed by atoms with E-state index in [1.807, 2.05) is 6.07 Å². The molecule has 144 valence electrons. The van der Waals surface area contributed by atoms with E-state index >= 15 is 0 Å². The van der Waals surface area contributed by atoms with Crippen molar-refractivity contribution in [3.8, 4) is 6.07 Å². The molecule has 0 unspecified atom stereocenters. The van der Waals surface area contributed by atoms with Crippen molar-refractivity contribution in [1.29, 1.82) is 5.26 Å². The van der Waals surface area contributed by atoms with Gasteiger partial charge in [-0.1, -0.05) is 0 Å². The molecule has 28 heavy (non-hydrogen) atoms. The summed E-state index contributed by atoms with van der Waals surface area (Å²) in [5.74, 6) is -1.36. The van der Waals surface area contributed by atoms with Crippen molar-refractivity contribution in [2.45, 2.75) is 6.54 Å². The van der Waals surface area contributed by atoms with E-state index in [1.165, 1.54) is 40.9 Å². The van der Waals surface area contributed by atoms with Crippen LogP contribution in [0.2, 0.25) is 0 Å². The van der Waals surface area contributed by atoms with Gasteiger partial charge in [0.25, 0.3) is 11.5 Å². The van der Waals surface area contributed by atoms with Crippen LogP contribution in [-0.4, -0.2) is 37.2 Å². The summed E-state index contributed by atoms with van der Waals surface area (Å²) in [6.45, 7) is -0.912. The molecule has 0 bridgehead atoms. The van der Waals surface area contributed by atoms with Gasteiger partial charge in [-0.25, -0.2) is 9.78 Å². The van der Waals surface area contributed by atoms with Gasteiger partial charge in [0.2, 0.25) is 0 Å². The SMILES string of the molecule is Cn1c(=O)c2c(ncn2CC(=O)OCC(=O)Nc2sccc2C#N)n(C)c1=O. The fourth-order valence-corrected chi connectivity index (χ4v) is 3.26. The van der Waals surface area contributed by atoms with Gasteiger partial charge in [-0.05, 0) is 11.4 Å². The Morgan fingerprint density at radius 3 is 2.79 bits per heavy atom.